The molecule has 0 aromatic carbocycles. The Kier molecular flexibility index (Phi) is 7.14. The van der Waals surface area contributed by atoms with E-state index < -0.39 is 0 Å². The molecule has 4 heteroatoms. The zero-order valence-electron chi connectivity index (χ0n) is 9.96. The van der Waals surface area contributed by atoms with Gasteiger partial charge in [-0.3, -0.25) is 4.79 Å². The molecule has 0 radical (unpaired) electrons. The predicted octanol–water partition coefficient (Wildman–Crippen LogP) is 3.56. The van der Waals surface area contributed by atoms with E-state index in [4.69, 9.17) is 4.52 Å². The van der Waals surface area contributed by atoms with E-state index in [-0.39, 0.29) is 5.56 Å². The van der Waals surface area contributed by atoms with E-state index in [1.807, 2.05) is 11.8 Å². The lowest BCUT2D eigenvalue weighted by molar-refractivity contribution is 0.390. The van der Waals surface area contributed by atoms with Crippen molar-refractivity contribution >= 4 is 11.8 Å². The highest BCUT2D eigenvalue weighted by Gasteiger charge is 1.99. The van der Waals surface area contributed by atoms with Crippen molar-refractivity contribution in [3.8, 4) is 0 Å². The number of unbranched alkanes of at least 4 members (excludes halogenated alkanes) is 5. The third-order valence-corrected chi connectivity index (χ3v) is 3.53. The van der Waals surface area contributed by atoms with Crippen LogP contribution in [0.1, 0.15) is 51.2 Å². The van der Waals surface area contributed by atoms with Gasteiger partial charge in [0.2, 0.25) is 0 Å². The Balaban J connectivity index is 1.90. The van der Waals surface area contributed by atoms with Gasteiger partial charge >= 0.3 is 0 Å². The lowest BCUT2D eigenvalue weighted by atomic mass is 10.1. The summed E-state index contributed by atoms with van der Waals surface area (Å²) >= 11 is 1.83. The molecule has 1 rings (SSSR count). The SMILES string of the molecule is CCCCCCCCSCc1cc(=O)[nH]o1. The second-order valence-corrected chi connectivity index (χ2v) is 5.10. The molecule has 1 aromatic heterocycles. The fourth-order valence-corrected chi connectivity index (χ4v) is 2.45. The van der Waals surface area contributed by atoms with Gasteiger partial charge in [-0.05, 0) is 12.2 Å². The van der Waals surface area contributed by atoms with Crippen molar-refractivity contribution in [3.63, 3.8) is 0 Å². The first kappa shape index (κ1) is 13.4. The fourth-order valence-electron chi connectivity index (χ4n) is 1.55. The first-order valence-corrected chi connectivity index (χ1v) is 7.23. The van der Waals surface area contributed by atoms with E-state index in [1.165, 1.54) is 44.6 Å². The normalized spacial score (nSPS) is 10.8. The van der Waals surface area contributed by atoms with Crippen LogP contribution in [-0.4, -0.2) is 10.9 Å². The van der Waals surface area contributed by atoms with Gasteiger partial charge in [-0.2, -0.15) is 16.9 Å². The first-order valence-electron chi connectivity index (χ1n) is 6.08. The van der Waals surface area contributed by atoms with Gasteiger partial charge in [-0.15, -0.1) is 0 Å². The summed E-state index contributed by atoms with van der Waals surface area (Å²) in [4.78, 5) is 10.8. The van der Waals surface area contributed by atoms with Gasteiger partial charge < -0.3 is 4.52 Å². The molecule has 0 saturated carbocycles. The molecular formula is C12H21NO2S. The summed E-state index contributed by atoms with van der Waals surface area (Å²) in [6, 6.07) is 1.52. The maximum absolute atomic E-state index is 10.8. The maximum atomic E-state index is 10.8. The summed E-state index contributed by atoms with van der Waals surface area (Å²) in [5, 5.41) is 2.30. The molecule has 0 aliphatic rings. The Bertz CT molecular complexity index is 319. The Morgan fingerprint density at radius 2 is 2.00 bits per heavy atom. The van der Waals surface area contributed by atoms with E-state index in [0.29, 0.717) is 0 Å². The quantitative estimate of drug-likeness (QED) is 0.674. The predicted molar refractivity (Wildman–Crippen MR) is 68.9 cm³/mol. The molecular weight excluding hydrogens is 222 g/mol. The molecule has 1 N–H and O–H groups in total. The lowest BCUT2D eigenvalue weighted by Gasteiger charge is -2.00. The summed E-state index contributed by atoms with van der Waals surface area (Å²) in [5.74, 6) is 2.70. The molecule has 0 aliphatic carbocycles. The van der Waals surface area contributed by atoms with Crippen molar-refractivity contribution in [2.75, 3.05) is 5.75 Å². The van der Waals surface area contributed by atoms with Gasteiger partial charge in [0.05, 0.1) is 5.75 Å². The van der Waals surface area contributed by atoms with Crippen LogP contribution in [0.5, 0.6) is 0 Å². The first-order chi connectivity index (χ1) is 7.83. The summed E-state index contributed by atoms with van der Waals surface area (Å²) in [6.45, 7) is 2.24. The van der Waals surface area contributed by atoms with Crippen LogP contribution >= 0.6 is 11.8 Å². The Hall–Kier alpha value is -0.640. The van der Waals surface area contributed by atoms with Crippen LogP contribution in [0.2, 0.25) is 0 Å². The number of rotatable bonds is 9. The second kappa shape index (κ2) is 8.50. The second-order valence-electron chi connectivity index (χ2n) is 4.00. The van der Waals surface area contributed by atoms with Crippen LogP contribution in [-0.2, 0) is 5.75 Å². The van der Waals surface area contributed by atoms with E-state index >= 15 is 0 Å². The van der Waals surface area contributed by atoms with Crippen LogP contribution in [0, 0.1) is 0 Å². The van der Waals surface area contributed by atoms with Gasteiger partial charge in [0.15, 0.2) is 0 Å². The molecule has 92 valence electrons. The highest BCUT2D eigenvalue weighted by atomic mass is 32.2. The molecule has 0 unspecified atom stereocenters. The molecule has 0 saturated heterocycles. The minimum absolute atomic E-state index is 0.143. The topological polar surface area (TPSA) is 46.0 Å². The standard InChI is InChI=1S/C12H21NO2S/c1-2-3-4-5-6-7-8-16-10-11-9-12(14)13-15-11/h9H,2-8,10H2,1H3,(H,13,14). The van der Waals surface area contributed by atoms with Crippen molar-refractivity contribution in [1.82, 2.24) is 5.16 Å². The molecule has 0 aliphatic heterocycles. The van der Waals surface area contributed by atoms with E-state index in [1.54, 1.807) is 0 Å². The minimum Gasteiger partial charge on any atom is -0.383 e. The van der Waals surface area contributed by atoms with Crippen LogP contribution in [0.3, 0.4) is 0 Å². The Labute approximate surface area is 101 Å². The highest BCUT2D eigenvalue weighted by molar-refractivity contribution is 7.98. The largest absolute Gasteiger partial charge is 0.383 e. The van der Waals surface area contributed by atoms with Crippen molar-refractivity contribution < 1.29 is 4.52 Å². The number of aromatic amines is 1. The van der Waals surface area contributed by atoms with Crippen LogP contribution in [0.4, 0.5) is 0 Å². The Morgan fingerprint density at radius 3 is 2.69 bits per heavy atom. The summed E-state index contributed by atoms with van der Waals surface area (Å²) in [5.41, 5.74) is -0.143. The molecule has 0 atom stereocenters. The van der Waals surface area contributed by atoms with Crippen molar-refractivity contribution in [2.45, 2.75) is 51.2 Å². The van der Waals surface area contributed by atoms with Crippen LogP contribution < -0.4 is 5.56 Å². The molecule has 0 amide bonds. The van der Waals surface area contributed by atoms with Gasteiger partial charge in [-0.25, -0.2) is 0 Å². The summed E-state index contributed by atoms with van der Waals surface area (Å²) in [7, 11) is 0. The van der Waals surface area contributed by atoms with Crippen molar-refractivity contribution in [1.29, 1.82) is 0 Å². The van der Waals surface area contributed by atoms with Gasteiger partial charge in [0.25, 0.3) is 5.56 Å². The molecule has 0 spiro atoms. The minimum atomic E-state index is -0.143. The van der Waals surface area contributed by atoms with Crippen LogP contribution in [0.15, 0.2) is 15.4 Å². The van der Waals surface area contributed by atoms with E-state index in [2.05, 4.69) is 12.1 Å². The summed E-state index contributed by atoms with van der Waals surface area (Å²) < 4.78 is 4.97. The van der Waals surface area contributed by atoms with E-state index in [9.17, 15) is 4.79 Å². The third kappa shape index (κ3) is 6.05. The van der Waals surface area contributed by atoms with Gasteiger partial charge in [0.1, 0.15) is 5.76 Å². The highest BCUT2D eigenvalue weighted by Crippen LogP contribution is 2.13. The third-order valence-electron chi connectivity index (χ3n) is 2.46. The molecule has 0 fully saturated rings. The number of aromatic nitrogens is 1. The van der Waals surface area contributed by atoms with Crippen molar-refractivity contribution in [3.05, 3.63) is 22.2 Å². The van der Waals surface area contributed by atoms with Crippen molar-refractivity contribution in [2.24, 2.45) is 0 Å². The number of H-pyrrole nitrogens is 1. The molecule has 0 bridgehead atoms. The maximum Gasteiger partial charge on any atom is 0.280 e. The zero-order chi connectivity index (χ0) is 11.6. The summed E-state index contributed by atoms with van der Waals surface area (Å²) in [6.07, 6.45) is 7.98. The number of nitrogens with one attached hydrogen (secondary N) is 1. The lowest BCUT2D eigenvalue weighted by Crippen LogP contribution is -1.92. The average Bonchev–Trinajstić information content (AvgIpc) is 2.68. The Morgan fingerprint density at radius 1 is 1.25 bits per heavy atom. The van der Waals surface area contributed by atoms with Gasteiger partial charge in [-0.1, -0.05) is 39.0 Å². The zero-order valence-corrected chi connectivity index (χ0v) is 10.8. The number of thioether (sulfide) groups is 1. The number of hydrogen-bond donors (Lipinski definition) is 1. The average molecular weight is 243 g/mol. The molecule has 3 nitrogen and oxygen atoms in total. The van der Waals surface area contributed by atoms with Crippen LogP contribution in [0.25, 0.3) is 0 Å². The smallest absolute Gasteiger partial charge is 0.280 e. The molecule has 16 heavy (non-hydrogen) atoms. The monoisotopic (exact) mass is 243 g/mol. The molecule has 1 aromatic rings. The fraction of sp³-hybridized carbons (Fsp3) is 0.750. The molecule has 1 heterocycles. The van der Waals surface area contributed by atoms with E-state index in [0.717, 1.165) is 17.3 Å². The number of hydrogen-bond acceptors (Lipinski definition) is 3. The van der Waals surface area contributed by atoms with Gasteiger partial charge in [0, 0.05) is 6.07 Å².